The first-order valence-corrected chi connectivity index (χ1v) is 8.46. The zero-order chi connectivity index (χ0) is 17.2. The molecule has 0 aromatic rings. The molecule has 2 unspecified atom stereocenters. The first-order chi connectivity index (χ1) is 10.8. The molecule has 0 aromatic heterocycles. The molecule has 3 rings (SSSR count). The molecule has 3 aliphatic rings. The van der Waals surface area contributed by atoms with Crippen molar-refractivity contribution in [2.75, 3.05) is 19.7 Å². The van der Waals surface area contributed by atoms with Gasteiger partial charge in [0.05, 0.1) is 11.8 Å². The second kappa shape index (κ2) is 6.99. The first kappa shape index (κ1) is 17.9. The smallest absolute Gasteiger partial charge is 0.308 e. The molecule has 0 amide bonds. The third kappa shape index (κ3) is 3.57. The van der Waals surface area contributed by atoms with E-state index in [0.29, 0.717) is 12.8 Å². The lowest BCUT2D eigenvalue weighted by Crippen LogP contribution is -2.67. The van der Waals surface area contributed by atoms with Gasteiger partial charge in [0.25, 0.3) is 0 Å². The van der Waals surface area contributed by atoms with E-state index in [9.17, 15) is 14.4 Å². The highest BCUT2D eigenvalue weighted by atomic mass is 16.5. The van der Waals surface area contributed by atoms with Gasteiger partial charge in [-0.05, 0) is 38.8 Å². The Bertz CT molecular complexity index is 481. The van der Waals surface area contributed by atoms with Crippen LogP contribution in [0.4, 0.5) is 0 Å². The quantitative estimate of drug-likeness (QED) is 0.718. The summed E-state index contributed by atoms with van der Waals surface area (Å²) in [5.41, 5.74) is -0.824. The van der Waals surface area contributed by atoms with E-state index in [-0.39, 0.29) is 30.2 Å². The number of fused-ring (bicyclic) bond motifs is 3. The fourth-order valence-electron chi connectivity index (χ4n) is 3.56. The molecule has 3 heterocycles. The van der Waals surface area contributed by atoms with Crippen LogP contribution in [0.1, 0.15) is 46.5 Å². The number of hydrogen-bond acceptors (Lipinski definition) is 5. The second-order valence-corrected chi connectivity index (χ2v) is 7.20. The number of Topliss-reactive ketones (excluding diaryl/α,β-unsaturated/α-hetero) is 1. The summed E-state index contributed by atoms with van der Waals surface area (Å²) >= 11 is 0. The molecule has 0 radical (unpaired) electrons. The SMILES string of the molecule is CC(C)C(=O)OCC1(CCC(C)C(=O)O)C(=O)C2CCN1CC2. The van der Waals surface area contributed by atoms with Crippen molar-refractivity contribution in [1.82, 2.24) is 4.90 Å². The Morgan fingerprint density at radius 3 is 2.39 bits per heavy atom. The topological polar surface area (TPSA) is 83.9 Å². The third-order valence-electron chi connectivity index (χ3n) is 5.27. The highest BCUT2D eigenvalue weighted by Crippen LogP contribution is 2.40. The molecule has 0 spiro atoms. The number of esters is 1. The number of rotatable bonds is 7. The van der Waals surface area contributed by atoms with Crippen LogP contribution in [0.2, 0.25) is 0 Å². The normalized spacial score (nSPS) is 31.2. The maximum Gasteiger partial charge on any atom is 0.308 e. The van der Waals surface area contributed by atoms with Crippen molar-refractivity contribution in [3.05, 3.63) is 0 Å². The summed E-state index contributed by atoms with van der Waals surface area (Å²) in [4.78, 5) is 37.9. The van der Waals surface area contributed by atoms with E-state index in [1.807, 2.05) is 0 Å². The van der Waals surface area contributed by atoms with Crippen molar-refractivity contribution in [1.29, 1.82) is 0 Å². The fourth-order valence-corrected chi connectivity index (χ4v) is 3.56. The Labute approximate surface area is 137 Å². The molecule has 3 fully saturated rings. The lowest BCUT2D eigenvalue weighted by atomic mass is 9.71. The van der Waals surface area contributed by atoms with E-state index in [2.05, 4.69) is 4.90 Å². The summed E-state index contributed by atoms with van der Waals surface area (Å²) in [5, 5.41) is 9.10. The lowest BCUT2D eigenvalue weighted by molar-refractivity contribution is -0.165. The Hall–Kier alpha value is -1.43. The molecule has 2 bridgehead atoms. The van der Waals surface area contributed by atoms with Gasteiger partial charge in [-0.2, -0.15) is 0 Å². The summed E-state index contributed by atoms with van der Waals surface area (Å²) < 4.78 is 5.41. The Balaban J connectivity index is 2.15. The molecule has 6 heteroatoms. The maximum atomic E-state index is 12.9. The van der Waals surface area contributed by atoms with Crippen molar-refractivity contribution >= 4 is 17.7 Å². The summed E-state index contributed by atoms with van der Waals surface area (Å²) in [6, 6.07) is 0. The molecular formula is C17H27NO5. The standard InChI is InChI=1S/C17H27NO5/c1-11(2)16(22)23-10-17(7-4-12(3)15(20)21)14(19)13-5-8-18(17)9-6-13/h11-13H,4-10H2,1-3H3,(H,20,21). The molecule has 0 aromatic carbocycles. The molecule has 0 saturated carbocycles. The number of carbonyl (C=O) groups excluding carboxylic acids is 2. The monoisotopic (exact) mass is 325 g/mol. The number of carboxylic acids is 1. The van der Waals surface area contributed by atoms with Crippen LogP contribution in [-0.4, -0.2) is 53.0 Å². The average Bonchev–Trinajstić information content (AvgIpc) is 2.53. The van der Waals surface area contributed by atoms with Crippen molar-refractivity contribution < 1.29 is 24.2 Å². The van der Waals surface area contributed by atoms with Gasteiger partial charge in [0.2, 0.25) is 0 Å². The van der Waals surface area contributed by atoms with Crippen LogP contribution in [0.3, 0.4) is 0 Å². The molecule has 23 heavy (non-hydrogen) atoms. The van der Waals surface area contributed by atoms with E-state index >= 15 is 0 Å². The minimum Gasteiger partial charge on any atom is -0.481 e. The van der Waals surface area contributed by atoms with E-state index < -0.39 is 17.4 Å². The van der Waals surface area contributed by atoms with Crippen LogP contribution in [0, 0.1) is 17.8 Å². The number of nitrogens with zero attached hydrogens (tertiary/aromatic N) is 1. The van der Waals surface area contributed by atoms with Crippen LogP contribution in [0.25, 0.3) is 0 Å². The zero-order valence-electron chi connectivity index (χ0n) is 14.2. The molecule has 2 atom stereocenters. The maximum absolute atomic E-state index is 12.9. The van der Waals surface area contributed by atoms with E-state index in [1.54, 1.807) is 20.8 Å². The van der Waals surface area contributed by atoms with E-state index in [0.717, 1.165) is 25.9 Å². The van der Waals surface area contributed by atoms with Gasteiger partial charge >= 0.3 is 11.9 Å². The first-order valence-electron chi connectivity index (χ1n) is 8.46. The van der Waals surface area contributed by atoms with Gasteiger partial charge in [-0.15, -0.1) is 0 Å². The zero-order valence-corrected chi connectivity index (χ0v) is 14.2. The molecule has 130 valence electrons. The van der Waals surface area contributed by atoms with Gasteiger partial charge in [0.15, 0.2) is 5.78 Å². The number of ketones is 1. The number of aliphatic carboxylic acids is 1. The molecule has 3 saturated heterocycles. The van der Waals surface area contributed by atoms with Gasteiger partial charge < -0.3 is 9.84 Å². The molecule has 0 aliphatic carbocycles. The van der Waals surface area contributed by atoms with Gasteiger partial charge in [-0.25, -0.2) is 0 Å². The third-order valence-corrected chi connectivity index (χ3v) is 5.27. The Morgan fingerprint density at radius 1 is 1.30 bits per heavy atom. The van der Waals surface area contributed by atoms with Crippen molar-refractivity contribution in [3.8, 4) is 0 Å². The van der Waals surface area contributed by atoms with Crippen LogP contribution >= 0.6 is 0 Å². The highest BCUT2D eigenvalue weighted by Gasteiger charge is 2.53. The number of carboxylic acid groups (broad SMARTS) is 1. The van der Waals surface area contributed by atoms with Crippen molar-refractivity contribution in [2.45, 2.75) is 52.0 Å². The highest BCUT2D eigenvalue weighted by molar-refractivity contribution is 5.92. The molecule has 3 aliphatic heterocycles. The van der Waals surface area contributed by atoms with Gasteiger partial charge in [-0.3, -0.25) is 19.3 Å². The molecule has 6 nitrogen and oxygen atoms in total. The predicted molar refractivity (Wildman–Crippen MR) is 83.9 cm³/mol. The minimum absolute atomic E-state index is 0.0258. The average molecular weight is 325 g/mol. The van der Waals surface area contributed by atoms with Gasteiger partial charge in [0.1, 0.15) is 12.1 Å². The van der Waals surface area contributed by atoms with Crippen molar-refractivity contribution in [2.24, 2.45) is 17.8 Å². The summed E-state index contributed by atoms with van der Waals surface area (Å²) in [5.74, 6) is -1.77. The Kier molecular flexibility index (Phi) is 5.45. The summed E-state index contributed by atoms with van der Waals surface area (Å²) in [7, 11) is 0. The summed E-state index contributed by atoms with van der Waals surface area (Å²) in [6.45, 7) is 6.85. The Morgan fingerprint density at radius 2 is 1.91 bits per heavy atom. The van der Waals surface area contributed by atoms with Crippen LogP contribution in [0.15, 0.2) is 0 Å². The van der Waals surface area contributed by atoms with Crippen molar-refractivity contribution in [3.63, 3.8) is 0 Å². The fraction of sp³-hybridized carbons (Fsp3) is 0.824. The van der Waals surface area contributed by atoms with E-state index in [1.165, 1.54) is 0 Å². The number of ether oxygens (including phenoxy) is 1. The number of piperidine rings is 3. The van der Waals surface area contributed by atoms with Crippen LogP contribution in [-0.2, 0) is 19.1 Å². The largest absolute Gasteiger partial charge is 0.481 e. The minimum atomic E-state index is -0.859. The number of carbonyl (C=O) groups is 3. The van der Waals surface area contributed by atoms with Gasteiger partial charge in [0, 0.05) is 5.92 Å². The van der Waals surface area contributed by atoms with Gasteiger partial charge in [-0.1, -0.05) is 20.8 Å². The predicted octanol–water partition coefficient (Wildman–Crippen LogP) is 1.72. The second-order valence-electron chi connectivity index (χ2n) is 7.20. The van der Waals surface area contributed by atoms with Crippen LogP contribution < -0.4 is 0 Å². The van der Waals surface area contributed by atoms with Crippen LogP contribution in [0.5, 0.6) is 0 Å². The lowest BCUT2D eigenvalue weighted by Gasteiger charge is -2.52. The molecular weight excluding hydrogens is 298 g/mol. The van der Waals surface area contributed by atoms with E-state index in [4.69, 9.17) is 9.84 Å². The number of hydrogen-bond donors (Lipinski definition) is 1. The molecule has 1 N–H and O–H groups in total. The summed E-state index contributed by atoms with van der Waals surface area (Å²) in [6.07, 6.45) is 2.55.